The minimum atomic E-state index is -0.305. The van der Waals surface area contributed by atoms with E-state index in [4.69, 9.17) is 5.73 Å². The standard InChI is InChI=1S/C9H9FN4/c10-7-2-1-3-8(4-7)14-9(5-11)12-6-13-14/h1-4,6H,5,11H2. The van der Waals surface area contributed by atoms with Crippen molar-refractivity contribution in [2.24, 2.45) is 5.73 Å². The molecule has 14 heavy (non-hydrogen) atoms. The summed E-state index contributed by atoms with van der Waals surface area (Å²) < 4.78 is 14.4. The van der Waals surface area contributed by atoms with Crippen molar-refractivity contribution in [2.45, 2.75) is 6.54 Å². The highest BCUT2D eigenvalue weighted by Gasteiger charge is 2.04. The van der Waals surface area contributed by atoms with E-state index in [0.717, 1.165) is 0 Å². The third-order valence-electron chi connectivity index (χ3n) is 1.85. The van der Waals surface area contributed by atoms with Crippen molar-refractivity contribution < 1.29 is 4.39 Å². The Bertz CT molecular complexity index is 438. The van der Waals surface area contributed by atoms with Crippen LogP contribution in [-0.4, -0.2) is 14.8 Å². The van der Waals surface area contributed by atoms with Crippen LogP contribution in [0, 0.1) is 5.82 Å². The summed E-state index contributed by atoms with van der Waals surface area (Å²) in [5.74, 6) is 0.302. The van der Waals surface area contributed by atoms with E-state index in [0.29, 0.717) is 11.5 Å². The first kappa shape index (κ1) is 8.83. The molecule has 1 heterocycles. The fraction of sp³-hybridized carbons (Fsp3) is 0.111. The van der Waals surface area contributed by atoms with Crippen LogP contribution in [-0.2, 0) is 6.54 Å². The molecule has 1 aromatic heterocycles. The van der Waals surface area contributed by atoms with E-state index in [1.54, 1.807) is 12.1 Å². The van der Waals surface area contributed by atoms with Gasteiger partial charge in [0.1, 0.15) is 18.0 Å². The largest absolute Gasteiger partial charge is 0.324 e. The molecule has 4 nitrogen and oxygen atoms in total. The predicted molar refractivity (Wildman–Crippen MR) is 49.2 cm³/mol. The van der Waals surface area contributed by atoms with Gasteiger partial charge in [-0.15, -0.1) is 0 Å². The zero-order chi connectivity index (χ0) is 9.97. The van der Waals surface area contributed by atoms with E-state index < -0.39 is 0 Å². The quantitative estimate of drug-likeness (QED) is 0.767. The molecular formula is C9H9FN4. The van der Waals surface area contributed by atoms with Crippen LogP contribution >= 0.6 is 0 Å². The zero-order valence-corrected chi connectivity index (χ0v) is 7.39. The molecule has 2 rings (SSSR count). The summed E-state index contributed by atoms with van der Waals surface area (Å²) in [4.78, 5) is 3.95. The first-order valence-corrected chi connectivity index (χ1v) is 4.16. The average molecular weight is 192 g/mol. The number of hydrogen-bond acceptors (Lipinski definition) is 3. The Kier molecular flexibility index (Phi) is 2.24. The van der Waals surface area contributed by atoms with Crippen LogP contribution < -0.4 is 5.73 Å². The lowest BCUT2D eigenvalue weighted by atomic mass is 10.3. The molecule has 0 atom stereocenters. The van der Waals surface area contributed by atoms with Crippen LogP contribution in [0.3, 0.4) is 0 Å². The van der Waals surface area contributed by atoms with Gasteiger partial charge in [0.05, 0.1) is 12.2 Å². The van der Waals surface area contributed by atoms with E-state index in [2.05, 4.69) is 10.1 Å². The second-order valence-corrected chi connectivity index (χ2v) is 2.77. The Morgan fingerprint density at radius 2 is 2.29 bits per heavy atom. The summed E-state index contributed by atoms with van der Waals surface area (Å²) in [5, 5.41) is 3.96. The minimum absolute atomic E-state index is 0.274. The van der Waals surface area contributed by atoms with Gasteiger partial charge in [0.25, 0.3) is 0 Å². The van der Waals surface area contributed by atoms with Crippen molar-refractivity contribution in [3.8, 4) is 5.69 Å². The van der Waals surface area contributed by atoms with Gasteiger partial charge >= 0.3 is 0 Å². The monoisotopic (exact) mass is 192 g/mol. The van der Waals surface area contributed by atoms with Gasteiger partial charge in [-0.05, 0) is 18.2 Å². The molecular weight excluding hydrogens is 183 g/mol. The van der Waals surface area contributed by atoms with Gasteiger partial charge in [-0.25, -0.2) is 14.1 Å². The Hall–Kier alpha value is -1.75. The molecule has 5 heteroatoms. The fourth-order valence-electron chi connectivity index (χ4n) is 1.23. The lowest BCUT2D eigenvalue weighted by Gasteiger charge is -2.03. The van der Waals surface area contributed by atoms with Gasteiger partial charge in [-0.1, -0.05) is 6.07 Å². The lowest BCUT2D eigenvalue weighted by molar-refractivity contribution is 0.624. The maximum absolute atomic E-state index is 12.9. The van der Waals surface area contributed by atoms with E-state index >= 15 is 0 Å². The number of nitrogens with zero attached hydrogens (tertiary/aromatic N) is 3. The van der Waals surface area contributed by atoms with Crippen molar-refractivity contribution in [3.05, 3.63) is 42.2 Å². The number of halogens is 1. The topological polar surface area (TPSA) is 56.7 Å². The summed E-state index contributed by atoms with van der Waals surface area (Å²) >= 11 is 0. The molecule has 0 radical (unpaired) electrons. The maximum atomic E-state index is 12.9. The Labute approximate surface area is 80.2 Å². The Balaban J connectivity index is 2.49. The van der Waals surface area contributed by atoms with Crippen molar-refractivity contribution in [1.29, 1.82) is 0 Å². The first-order chi connectivity index (χ1) is 6.81. The third kappa shape index (κ3) is 1.49. The number of benzene rings is 1. The van der Waals surface area contributed by atoms with E-state index in [9.17, 15) is 4.39 Å². The van der Waals surface area contributed by atoms with Crippen LogP contribution in [0.4, 0.5) is 4.39 Å². The summed E-state index contributed by atoms with van der Waals surface area (Å²) in [6, 6.07) is 6.12. The Morgan fingerprint density at radius 1 is 1.43 bits per heavy atom. The summed E-state index contributed by atoms with van der Waals surface area (Å²) in [5.41, 5.74) is 6.08. The minimum Gasteiger partial charge on any atom is -0.324 e. The molecule has 0 aliphatic carbocycles. The number of nitrogens with two attached hydrogens (primary N) is 1. The number of hydrogen-bond donors (Lipinski definition) is 1. The SMILES string of the molecule is NCc1ncnn1-c1cccc(F)c1. The smallest absolute Gasteiger partial charge is 0.145 e. The molecule has 0 amide bonds. The summed E-state index contributed by atoms with van der Waals surface area (Å²) in [6.07, 6.45) is 1.40. The number of aromatic nitrogens is 3. The molecule has 0 aliphatic rings. The van der Waals surface area contributed by atoms with Gasteiger partial charge in [-0.3, -0.25) is 0 Å². The van der Waals surface area contributed by atoms with Crippen LogP contribution in [0.2, 0.25) is 0 Å². The third-order valence-corrected chi connectivity index (χ3v) is 1.85. The molecule has 0 unspecified atom stereocenters. The summed E-state index contributed by atoms with van der Waals surface area (Å²) in [7, 11) is 0. The van der Waals surface area contributed by atoms with E-state index in [1.807, 2.05) is 0 Å². The lowest BCUT2D eigenvalue weighted by Crippen LogP contribution is -2.08. The van der Waals surface area contributed by atoms with Gasteiger partial charge in [0, 0.05) is 0 Å². The molecule has 0 aliphatic heterocycles. The van der Waals surface area contributed by atoms with Gasteiger partial charge in [0.15, 0.2) is 0 Å². The second-order valence-electron chi connectivity index (χ2n) is 2.77. The highest BCUT2D eigenvalue weighted by Crippen LogP contribution is 2.09. The highest BCUT2D eigenvalue weighted by atomic mass is 19.1. The van der Waals surface area contributed by atoms with Crippen LogP contribution in [0.25, 0.3) is 5.69 Å². The van der Waals surface area contributed by atoms with Crippen molar-refractivity contribution in [3.63, 3.8) is 0 Å². The molecule has 0 saturated carbocycles. The van der Waals surface area contributed by atoms with E-state index in [-0.39, 0.29) is 12.4 Å². The fourth-order valence-corrected chi connectivity index (χ4v) is 1.23. The van der Waals surface area contributed by atoms with Crippen LogP contribution in [0.5, 0.6) is 0 Å². The molecule has 2 aromatic rings. The molecule has 0 bridgehead atoms. The molecule has 0 fully saturated rings. The van der Waals surface area contributed by atoms with Crippen molar-refractivity contribution >= 4 is 0 Å². The molecule has 2 N–H and O–H groups in total. The highest BCUT2D eigenvalue weighted by molar-refractivity contribution is 5.31. The van der Waals surface area contributed by atoms with Crippen molar-refractivity contribution in [2.75, 3.05) is 0 Å². The van der Waals surface area contributed by atoms with Crippen LogP contribution in [0.1, 0.15) is 5.82 Å². The predicted octanol–water partition coefficient (Wildman–Crippen LogP) is 0.865. The normalized spacial score (nSPS) is 10.4. The van der Waals surface area contributed by atoms with E-state index in [1.165, 1.54) is 23.1 Å². The average Bonchev–Trinajstić information content (AvgIpc) is 2.65. The van der Waals surface area contributed by atoms with Gasteiger partial charge in [0.2, 0.25) is 0 Å². The summed E-state index contributed by atoms with van der Waals surface area (Å²) in [6.45, 7) is 0.274. The van der Waals surface area contributed by atoms with Crippen LogP contribution in [0.15, 0.2) is 30.6 Å². The van der Waals surface area contributed by atoms with Crippen molar-refractivity contribution in [1.82, 2.24) is 14.8 Å². The Morgan fingerprint density at radius 3 is 3.00 bits per heavy atom. The molecule has 72 valence electrons. The first-order valence-electron chi connectivity index (χ1n) is 4.16. The molecule has 0 saturated heterocycles. The van der Waals surface area contributed by atoms with Gasteiger partial charge in [-0.2, -0.15) is 5.10 Å². The second kappa shape index (κ2) is 3.55. The van der Waals surface area contributed by atoms with Gasteiger partial charge < -0.3 is 5.73 Å². The number of rotatable bonds is 2. The molecule has 1 aromatic carbocycles. The maximum Gasteiger partial charge on any atom is 0.145 e. The zero-order valence-electron chi connectivity index (χ0n) is 7.39. The molecule has 0 spiro atoms.